The molecule has 0 unspecified atom stereocenters. The van der Waals surface area contributed by atoms with Crippen LogP contribution >= 0.6 is 0 Å². The first kappa shape index (κ1) is 26.5. The predicted molar refractivity (Wildman–Crippen MR) is 137 cm³/mol. The number of carbonyl (C=O) groups is 1. The van der Waals surface area contributed by atoms with Gasteiger partial charge >= 0.3 is 6.03 Å². The topological polar surface area (TPSA) is 99.3 Å². The van der Waals surface area contributed by atoms with E-state index < -0.39 is 17.7 Å². The first-order valence-corrected chi connectivity index (χ1v) is 12.9. The summed E-state index contributed by atoms with van der Waals surface area (Å²) in [5, 5.41) is 22.5. The smallest absolute Gasteiger partial charge is 0.320 e. The minimum atomic E-state index is -1.18. The van der Waals surface area contributed by atoms with Gasteiger partial charge in [0.2, 0.25) is 0 Å². The number of carbonyl (C=O) groups excluding carboxylic acids is 1. The highest BCUT2D eigenvalue weighted by molar-refractivity contribution is 5.75. The molecule has 8 heteroatoms. The second kappa shape index (κ2) is 11.7. The summed E-state index contributed by atoms with van der Waals surface area (Å²) < 4.78 is 18.9. The summed E-state index contributed by atoms with van der Waals surface area (Å²) in [6.07, 6.45) is 2.95. The standard InChI is InChI=1S/C28H38FN3O4/c1-36-16-5-4-14-28(35,24-9-3-2-8-23(24)20-10-12-22(29)13-11-20)21-7-6-15-31(17-21)27(34)32-18-25(30)26(33)19-32/h2-3,8-13,21,25-26,33,35H,4-7,14-19,30H2,1H3/t21-,25-,26+,28+/m1/s1. The number of urea groups is 1. The molecule has 0 saturated carbocycles. The van der Waals surface area contributed by atoms with Gasteiger partial charge in [-0.15, -0.1) is 0 Å². The Balaban J connectivity index is 1.63. The van der Waals surface area contributed by atoms with Crippen molar-refractivity contribution in [3.8, 4) is 11.1 Å². The lowest BCUT2D eigenvalue weighted by Crippen LogP contribution is -2.52. The van der Waals surface area contributed by atoms with Gasteiger partial charge in [-0.2, -0.15) is 0 Å². The van der Waals surface area contributed by atoms with E-state index in [0.29, 0.717) is 32.7 Å². The fourth-order valence-corrected chi connectivity index (χ4v) is 5.65. The Morgan fingerprint density at radius 3 is 2.56 bits per heavy atom. The number of unbranched alkanes of at least 4 members (excludes halogenated alkanes) is 1. The van der Waals surface area contributed by atoms with Crippen LogP contribution in [-0.2, 0) is 10.3 Å². The SMILES string of the molecule is COCCCC[C@@](O)(c1ccccc1-c1ccc(F)cc1)[C@@H]1CCCN(C(=O)N2C[C@@H](N)[C@@H](O)C2)C1. The third kappa shape index (κ3) is 5.72. The van der Waals surface area contributed by atoms with Crippen LogP contribution in [0.3, 0.4) is 0 Å². The van der Waals surface area contributed by atoms with Crippen molar-refractivity contribution in [2.45, 2.75) is 49.9 Å². The van der Waals surface area contributed by atoms with Crippen molar-refractivity contribution in [3.05, 3.63) is 59.9 Å². The molecule has 2 saturated heterocycles. The predicted octanol–water partition coefficient (Wildman–Crippen LogP) is 3.33. The molecule has 0 aromatic heterocycles. The van der Waals surface area contributed by atoms with Gasteiger partial charge in [0.1, 0.15) is 5.82 Å². The van der Waals surface area contributed by atoms with Crippen LogP contribution in [0.4, 0.5) is 9.18 Å². The molecule has 2 aliphatic heterocycles. The number of hydrogen-bond acceptors (Lipinski definition) is 5. The molecular formula is C28H38FN3O4. The Hall–Kier alpha value is -2.52. The first-order valence-electron chi connectivity index (χ1n) is 12.9. The van der Waals surface area contributed by atoms with Crippen molar-refractivity contribution in [2.75, 3.05) is 39.9 Å². The molecule has 2 heterocycles. The van der Waals surface area contributed by atoms with E-state index in [-0.39, 0.29) is 24.3 Å². The van der Waals surface area contributed by atoms with E-state index in [4.69, 9.17) is 10.5 Å². The van der Waals surface area contributed by atoms with Gasteiger partial charge in [0.25, 0.3) is 0 Å². The zero-order valence-electron chi connectivity index (χ0n) is 21.0. The molecule has 0 radical (unpaired) electrons. The van der Waals surface area contributed by atoms with Crippen LogP contribution in [0, 0.1) is 11.7 Å². The molecular weight excluding hydrogens is 461 g/mol. The van der Waals surface area contributed by atoms with Crippen LogP contribution in [-0.4, -0.2) is 78.1 Å². The Labute approximate surface area is 212 Å². The number of ether oxygens (including phenoxy) is 1. The van der Waals surface area contributed by atoms with E-state index in [1.54, 1.807) is 29.0 Å². The van der Waals surface area contributed by atoms with Crippen LogP contribution in [0.2, 0.25) is 0 Å². The molecule has 4 rings (SSSR count). The van der Waals surface area contributed by atoms with Crippen molar-refractivity contribution in [2.24, 2.45) is 11.7 Å². The number of halogens is 1. The largest absolute Gasteiger partial charge is 0.390 e. The van der Waals surface area contributed by atoms with Gasteiger partial charge in [0.15, 0.2) is 0 Å². The average Bonchev–Trinajstić information content (AvgIpc) is 3.24. The van der Waals surface area contributed by atoms with E-state index in [0.717, 1.165) is 42.4 Å². The third-order valence-corrected chi connectivity index (χ3v) is 7.68. The van der Waals surface area contributed by atoms with Gasteiger partial charge in [-0.3, -0.25) is 0 Å². The summed E-state index contributed by atoms with van der Waals surface area (Å²) in [7, 11) is 1.67. The number of benzene rings is 2. The van der Waals surface area contributed by atoms with Crippen LogP contribution in [0.15, 0.2) is 48.5 Å². The van der Waals surface area contributed by atoms with Crippen LogP contribution in [0.5, 0.6) is 0 Å². The number of β-amino-alcohol motifs (C(OH)–C–C–N with tert-alkyl or cyclic N) is 1. The highest BCUT2D eigenvalue weighted by Gasteiger charge is 2.43. The molecule has 2 amide bonds. The van der Waals surface area contributed by atoms with Crippen molar-refractivity contribution in [3.63, 3.8) is 0 Å². The molecule has 0 aliphatic carbocycles. The van der Waals surface area contributed by atoms with Gasteiger partial charge in [0, 0.05) is 51.9 Å². The number of rotatable bonds is 8. The van der Waals surface area contributed by atoms with Gasteiger partial charge in [-0.05, 0) is 60.9 Å². The molecule has 4 atom stereocenters. The van der Waals surface area contributed by atoms with E-state index in [9.17, 15) is 19.4 Å². The second-order valence-corrected chi connectivity index (χ2v) is 10.1. The highest BCUT2D eigenvalue weighted by atomic mass is 19.1. The van der Waals surface area contributed by atoms with E-state index in [2.05, 4.69) is 0 Å². The van der Waals surface area contributed by atoms with Crippen molar-refractivity contribution >= 4 is 6.03 Å². The molecule has 2 fully saturated rings. The zero-order chi connectivity index (χ0) is 25.7. The Kier molecular flexibility index (Phi) is 8.62. The summed E-state index contributed by atoms with van der Waals surface area (Å²) in [5.41, 5.74) is 7.25. The fraction of sp³-hybridized carbons (Fsp3) is 0.536. The minimum Gasteiger partial charge on any atom is -0.390 e. The Morgan fingerprint density at radius 1 is 1.11 bits per heavy atom. The van der Waals surface area contributed by atoms with Crippen molar-refractivity contribution < 1.29 is 24.1 Å². The number of aliphatic hydroxyl groups is 2. The molecule has 0 bridgehead atoms. The highest BCUT2D eigenvalue weighted by Crippen LogP contribution is 2.43. The third-order valence-electron chi connectivity index (χ3n) is 7.68. The van der Waals surface area contributed by atoms with Crippen molar-refractivity contribution in [1.29, 1.82) is 0 Å². The number of likely N-dealkylation sites (tertiary alicyclic amines) is 2. The molecule has 2 aromatic carbocycles. The summed E-state index contributed by atoms with van der Waals surface area (Å²) in [4.78, 5) is 16.7. The summed E-state index contributed by atoms with van der Waals surface area (Å²) in [6, 6.07) is 13.5. The number of nitrogens with two attached hydrogens (primary N) is 1. The van der Waals surface area contributed by atoms with Gasteiger partial charge in [-0.1, -0.05) is 36.4 Å². The lowest BCUT2D eigenvalue weighted by atomic mass is 9.72. The molecule has 7 nitrogen and oxygen atoms in total. The molecule has 2 aliphatic rings. The lowest BCUT2D eigenvalue weighted by molar-refractivity contribution is -0.0571. The Morgan fingerprint density at radius 2 is 1.86 bits per heavy atom. The van der Waals surface area contributed by atoms with Crippen molar-refractivity contribution in [1.82, 2.24) is 9.80 Å². The number of aliphatic hydroxyl groups excluding tert-OH is 1. The number of amides is 2. The zero-order valence-corrected chi connectivity index (χ0v) is 21.0. The van der Waals surface area contributed by atoms with Gasteiger partial charge in [0.05, 0.1) is 11.7 Å². The number of methoxy groups -OCH3 is 1. The fourth-order valence-electron chi connectivity index (χ4n) is 5.65. The van der Waals surface area contributed by atoms with Gasteiger partial charge in [-0.25, -0.2) is 9.18 Å². The number of piperidine rings is 1. The molecule has 36 heavy (non-hydrogen) atoms. The quantitative estimate of drug-likeness (QED) is 0.484. The maximum absolute atomic E-state index is 13.6. The number of hydrogen-bond donors (Lipinski definition) is 3. The minimum absolute atomic E-state index is 0.139. The first-order chi connectivity index (χ1) is 17.3. The maximum Gasteiger partial charge on any atom is 0.320 e. The lowest BCUT2D eigenvalue weighted by Gasteiger charge is -2.44. The van der Waals surface area contributed by atoms with Crippen LogP contribution in [0.1, 0.15) is 37.7 Å². The van der Waals surface area contributed by atoms with E-state index in [1.165, 1.54) is 12.1 Å². The normalized spacial score (nSPS) is 24.1. The van der Waals surface area contributed by atoms with E-state index in [1.807, 2.05) is 24.3 Å². The number of nitrogens with zero attached hydrogens (tertiary/aromatic N) is 2. The summed E-state index contributed by atoms with van der Waals surface area (Å²) in [5.74, 6) is -0.486. The molecule has 0 spiro atoms. The Bertz CT molecular complexity index is 1010. The van der Waals surface area contributed by atoms with E-state index >= 15 is 0 Å². The average molecular weight is 500 g/mol. The molecule has 196 valence electrons. The maximum atomic E-state index is 13.6. The molecule has 2 aromatic rings. The second-order valence-electron chi connectivity index (χ2n) is 10.1. The van der Waals surface area contributed by atoms with Crippen LogP contribution < -0.4 is 5.73 Å². The summed E-state index contributed by atoms with van der Waals surface area (Å²) in [6.45, 7) is 2.20. The summed E-state index contributed by atoms with van der Waals surface area (Å²) >= 11 is 0. The molecule has 4 N–H and O–H groups in total. The monoisotopic (exact) mass is 499 g/mol. The van der Waals surface area contributed by atoms with Crippen LogP contribution in [0.25, 0.3) is 11.1 Å². The van der Waals surface area contributed by atoms with Gasteiger partial charge < -0.3 is 30.5 Å².